The van der Waals surface area contributed by atoms with E-state index in [1.807, 2.05) is 38.5 Å². The van der Waals surface area contributed by atoms with E-state index in [-0.39, 0.29) is 31.0 Å². The lowest BCUT2D eigenvalue weighted by Gasteiger charge is -2.24. The molecule has 10 heteroatoms. The topological polar surface area (TPSA) is 154 Å². The molecule has 0 saturated heterocycles. The van der Waals surface area contributed by atoms with E-state index < -0.39 is 35.9 Å². The number of carboxylic acid groups (broad SMARTS) is 1. The largest absolute Gasteiger partial charge is 0.465 e. The van der Waals surface area contributed by atoms with Gasteiger partial charge in [-0.15, -0.1) is 0 Å². The number of hydrogen-bond donors (Lipinski definition) is 5. The number of amides is 4. The standard InChI is InChI=1S/C15H26N4O6/c1-8(2)5-10(17-15(24)25)13(22)16-11(6-9(3)4)14(23)19-18-12(21)7-20/h7-11,17H,5-6H2,1-4H3,(H,16,22)(H,18,21)(H,19,23)(H,24,25)/t10-,11-/m0/s1. The molecule has 0 fully saturated rings. The van der Waals surface area contributed by atoms with Crippen molar-refractivity contribution in [3.05, 3.63) is 0 Å². The van der Waals surface area contributed by atoms with Crippen molar-refractivity contribution in [3.8, 4) is 0 Å². The molecule has 142 valence electrons. The fourth-order valence-corrected chi connectivity index (χ4v) is 2.07. The quantitative estimate of drug-likeness (QED) is 0.214. The van der Waals surface area contributed by atoms with Crippen LogP contribution in [0.2, 0.25) is 0 Å². The summed E-state index contributed by atoms with van der Waals surface area (Å²) in [6, 6.07) is -2.01. The summed E-state index contributed by atoms with van der Waals surface area (Å²) in [6.07, 6.45) is -0.832. The number of carbonyl (C=O) groups excluding carboxylic acids is 4. The van der Waals surface area contributed by atoms with Crippen LogP contribution in [0.1, 0.15) is 40.5 Å². The Bertz CT molecular complexity index is 506. The minimum Gasteiger partial charge on any atom is -0.465 e. The first-order valence-electron chi connectivity index (χ1n) is 7.91. The third-order valence-electron chi connectivity index (χ3n) is 3.08. The van der Waals surface area contributed by atoms with Gasteiger partial charge in [-0.05, 0) is 24.7 Å². The second-order valence-corrected chi connectivity index (χ2v) is 6.42. The zero-order valence-corrected chi connectivity index (χ0v) is 14.8. The summed E-state index contributed by atoms with van der Waals surface area (Å²) in [7, 11) is 0. The van der Waals surface area contributed by atoms with Gasteiger partial charge in [-0.1, -0.05) is 27.7 Å². The van der Waals surface area contributed by atoms with Gasteiger partial charge in [-0.3, -0.25) is 30.0 Å². The zero-order valence-electron chi connectivity index (χ0n) is 14.8. The Morgan fingerprint density at radius 1 is 0.840 bits per heavy atom. The normalized spacial score (nSPS) is 12.9. The Hall–Kier alpha value is -2.65. The number of nitrogens with one attached hydrogen (secondary N) is 4. The molecule has 10 nitrogen and oxygen atoms in total. The van der Waals surface area contributed by atoms with Crippen LogP contribution >= 0.6 is 0 Å². The lowest BCUT2D eigenvalue weighted by molar-refractivity contribution is -0.135. The number of rotatable bonds is 9. The molecule has 0 rings (SSSR count). The maximum Gasteiger partial charge on any atom is 0.405 e. The summed E-state index contributed by atoms with van der Waals surface area (Å²) in [6.45, 7) is 7.32. The minimum atomic E-state index is -1.34. The molecule has 0 spiro atoms. The highest BCUT2D eigenvalue weighted by Gasteiger charge is 2.28. The van der Waals surface area contributed by atoms with E-state index in [1.165, 1.54) is 0 Å². The highest BCUT2D eigenvalue weighted by molar-refractivity contribution is 6.23. The number of hydrazine groups is 1. The molecule has 5 N–H and O–H groups in total. The maximum atomic E-state index is 12.3. The van der Waals surface area contributed by atoms with Gasteiger partial charge in [0.25, 0.3) is 5.91 Å². The molecule has 25 heavy (non-hydrogen) atoms. The summed E-state index contributed by atoms with van der Waals surface area (Å²) < 4.78 is 0. The van der Waals surface area contributed by atoms with Crippen molar-refractivity contribution < 1.29 is 29.1 Å². The smallest absolute Gasteiger partial charge is 0.405 e. The van der Waals surface area contributed by atoms with Crippen LogP contribution in [0.5, 0.6) is 0 Å². The molecule has 0 aromatic heterocycles. The van der Waals surface area contributed by atoms with Gasteiger partial charge < -0.3 is 15.7 Å². The van der Waals surface area contributed by atoms with E-state index in [2.05, 4.69) is 10.6 Å². The first kappa shape index (κ1) is 22.4. The summed E-state index contributed by atoms with van der Waals surface area (Å²) in [4.78, 5) is 56.4. The summed E-state index contributed by atoms with van der Waals surface area (Å²) >= 11 is 0. The zero-order chi connectivity index (χ0) is 19.6. The average molecular weight is 358 g/mol. The van der Waals surface area contributed by atoms with Crippen molar-refractivity contribution >= 4 is 30.1 Å². The monoisotopic (exact) mass is 358 g/mol. The van der Waals surface area contributed by atoms with Crippen molar-refractivity contribution in [2.75, 3.05) is 0 Å². The van der Waals surface area contributed by atoms with Crippen molar-refractivity contribution in [2.24, 2.45) is 11.8 Å². The Balaban J connectivity index is 5.03. The SMILES string of the molecule is CC(C)C[C@H](NC(=O)O)C(=O)N[C@@H](CC(C)C)C(=O)NNC(=O)C=O. The number of carbonyl (C=O) groups is 5. The lowest BCUT2D eigenvalue weighted by Crippen LogP contribution is -2.56. The molecule has 0 aliphatic heterocycles. The molecule has 4 amide bonds. The summed E-state index contributed by atoms with van der Waals surface area (Å²) in [5.41, 5.74) is 3.93. The van der Waals surface area contributed by atoms with Gasteiger partial charge >= 0.3 is 12.0 Å². The maximum absolute atomic E-state index is 12.3. The van der Waals surface area contributed by atoms with Crippen LogP contribution in [0.15, 0.2) is 0 Å². The molecule has 0 unspecified atom stereocenters. The molecule has 2 atom stereocenters. The van der Waals surface area contributed by atoms with Crippen molar-refractivity contribution in [1.29, 1.82) is 0 Å². The van der Waals surface area contributed by atoms with Crippen LogP contribution < -0.4 is 21.5 Å². The molecule has 0 bridgehead atoms. The van der Waals surface area contributed by atoms with Crippen LogP contribution in [0.4, 0.5) is 4.79 Å². The van der Waals surface area contributed by atoms with E-state index in [4.69, 9.17) is 5.11 Å². The van der Waals surface area contributed by atoms with E-state index >= 15 is 0 Å². The van der Waals surface area contributed by atoms with E-state index in [0.29, 0.717) is 0 Å². The highest BCUT2D eigenvalue weighted by Crippen LogP contribution is 2.08. The minimum absolute atomic E-state index is 0.00817. The van der Waals surface area contributed by atoms with Crippen LogP contribution in [0.25, 0.3) is 0 Å². The first-order valence-corrected chi connectivity index (χ1v) is 7.91. The summed E-state index contributed by atoms with van der Waals surface area (Å²) in [5.74, 6) is -2.30. The second-order valence-electron chi connectivity index (χ2n) is 6.42. The number of aldehydes is 1. The Kier molecular flexibility index (Phi) is 9.83. The first-order chi connectivity index (χ1) is 11.6. The number of hydrogen-bond acceptors (Lipinski definition) is 5. The van der Waals surface area contributed by atoms with E-state index in [0.717, 1.165) is 0 Å². The molecule has 0 radical (unpaired) electrons. The van der Waals surface area contributed by atoms with Gasteiger partial charge in [0.1, 0.15) is 12.1 Å². The van der Waals surface area contributed by atoms with Crippen molar-refractivity contribution in [3.63, 3.8) is 0 Å². The predicted octanol–water partition coefficient (Wildman–Crippen LogP) is -0.454. The van der Waals surface area contributed by atoms with Gasteiger partial charge in [0.05, 0.1) is 0 Å². The fourth-order valence-electron chi connectivity index (χ4n) is 2.07. The van der Waals surface area contributed by atoms with Crippen molar-refractivity contribution in [2.45, 2.75) is 52.6 Å². The van der Waals surface area contributed by atoms with E-state index in [1.54, 1.807) is 0 Å². The van der Waals surface area contributed by atoms with Crippen LogP contribution in [-0.4, -0.2) is 47.3 Å². The highest BCUT2D eigenvalue weighted by atomic mass is 16.4. The predicted molar refractivity (Wildman–Crippen MR) is 88.1 cm³/mol. The molecular weight excluding hydrogens is 332 g/mol. The third-order valence-corrected chi connectivity index (χ3v) is 3.08. The molecule has 0 aliphatic rings. The van der Waals surface area contributed by atoms with E-state index in [9.17, 15) is 24.0 Å². The van der Waals surface area contributed by atoms with Gasteiger partial charge in [0, 0.05) is 0 Å². The Morgan fingerprint density at radius 3 is 1.72 bits per heavy atom. The molecule has 0 aromatic carbocycles. The van der Waals surface area contributed by atoms with Gasteiger partial charge in [-0.25, -0.2) is 4.79 Å². The van der Waals surface area contributed by atoms with Crippen molar-refractivity contribution in [1.82, 2.24) is 21.5 Å². The van der Waals surface area contributed by atoms with Gasteiger partial charge in [0.15, 0.2) is 0 Å². The molecule has 0 saturated carbocycles. The third kappa shape index (κ3) is 9.95. The van der Waals surface area contributed by atoms with Gasteiger partial charge in [-0.2, -0.15) is 0 Å². The van der Waals surface area contributed by atoms with Crippen LogP contribution in [0, 0.1) is 11.8 Å². The van der Waals surface area contributed by atoms with Gasteiger partial charge in [0.2, 0.25) is 12.2 Å². The van der Waals surface area contributed by atoms with Crippen LogP contribution in [0.3, 0.4) is 0 Å². The molecule has 0 aliphatic carbocycles. The van der Waals surface area contributed by atoms with Crippen LogP contribution in [-0.2, 0) is 19.2 Å². The second kappa shape index (κ2) is 11.0. The Labute approximate surface area is 146 Å². The average Bonchev–Trinajstić information content (AvgIpc) is 2.49. The fraction of sp³-hybridized carbons (Fsp3) is 0.667. The molecule has 0 heterocycles. The Morgan fingerprint density at radius 2 is 1.32 bits per heavy atom. The molecular formula is C15H26N4O6. The lowest BCUT2D eigenvalue weighted by atomic mass is 10.0. The summed E-state index contributed by atoms with van der Waals surface area (Å²) in [5, 5.41) is 13.5. The molecule has 0 aromatic rings.